The van der Waals surface area contributed by atoms with Crippen molar-refractivity contribution in [2.75, 3.05) is 0 Å². The molecule has 2 aromatic carbocycles. The van der Waals surface area contributed by atoms with E-state index in [0.717, 1.165) is 0 Å². The molecular weight excluding hydrogens is 372 g/mol. The lowest BCUT2D eigenvalue weighted by molar-refractivity contribution is 0.00729. The van der Waals surface area contributed by atoms with Crippen LogP contribution in [0.1, 0.15) is 18.1 Å². The highest BCUT2D eigenvalue weighted by Crippen LogP contribution is 2.50. The third-order valence-electron chi connectivity index (χ3n) is 4.25. The van der Waals surface area contributed by atoms with E-state index in [4.69, 9.17) is 16.3 Å². The molecule has 2 unspecified atom stereocenters. The van der Waals surface area contributed by atoms with E-state index in [1.54, 1.807) is 44.2 Å². The summed E-state index contributed by atoms with van der Waals surface area (Å²) in [7, 11) is -4.46. The number of hydrogen-bond donors (Lipinski definition) is 0. The number of ether oxygens (including phenoxy) is 1. The van der Waals surface area contributed by atoms with Crippen molar-refractivity contribution in [3.63, 3.8) is 0 Å². The molecule has 0 bridgehead atoms. The van der Waals surface area contributed by atoms with Crippen molar-refractivity contribution in [2.45, 2.75) is 37.1 Å². The molecule has 0 aromatic heterocycles. The molecule has 134 valence electrons. The monoisotopic (exact) mass is 387 g/mol. The number of alkyl halides is 2. The Hall–Kier alpha value is -1.54. The molecule has 2 aromatic rings. The van der Waals surface area contributed by atoms with E-state index < -0.39 is 28.4 Å². The highest BCUT2D eigenvalue weighted by molar-refractivity contribution is 7.89. The lowest BCUT2D eigenvalue weighted by Gasteiger charge is -2.21. The molecule has 1 aliphatic rings. The van der Waals surface area contributed by atoms with Crippen molar-refractivity contribution in [1.82, 2.24) is 4.31 Å². The molecule has 1 aliphatic heterocycles. The molecule has 8 heteroatoms. The molecular formula is C17H16ClF2NO3S. The number of halogens is 3. The fraction of sp³-hybridized carbons (Fsp3) is 0.294. The maximum absolute atomic E-state index is 13.7. The summed E-state index contributed by atoms with van der Waals surface area (Å²) in [6, 6.07) is 12.5. The predicted octanol–water partition coefficient (Wildman–Crippen LogP) is 4.13. The molecule has 1 saturated heterocycles. The number of rotatable bonds is 5. The number of hydrogen-bond acceptors (Lipinski definition) is 3. The highest BCUT2D eigenvalue weighted by Gasteiger charge is 2.62. The van der Waals surface area contributed by atoms with Crippen LogP contribution in [-0.4, -0.2) is 25.5 Å². The zero-order chi connectivity index (χ0) is 18.4. The second-order valence-electron chi connectivity index (χ2n) is 5.97. The van der Waals surface area contributed by atoms with Crippen LogP contribution < -0.4 is 0 Å². The smallest absolute Gasteiger partial charge is 0.309 e. The number of sulfonamides is 1. The summed E-state index contributed by atoms with van der Waals surface area (Å²) in [5.41, 5.74) is -0.000642. The summed E-state index contributed by atoms with van der Waals surface area (Å²) >= 11 is 5.89. The van der Waals surface area contributed by atoms with Crippen molar-refractivity contribution in [3.8, 4) is 0 Å². The molecule has 0 aliphatic carbocycles. The number of nitrogens with zero attached hydrogens (tertiary/aromatic N) is 1. The van der Waals surface area contributed by atoms with Gasteiger partial charge in [-0.1, -0.05) is 41.9 Å². The Morgan fingerprint density at radius 3 is 2.40 bits per heavy atom. The maximum atomic E-state index is 13.7. The van der Waals surface area contributed by atoms with Gasteiger partial charge in [0.05, 0.1) is 4.90 Å². The Labute approximate surface area is 150 Å². The third kappa shape index (κ3) is 3.17. The fourth-order valence-corrected chi connectivity index (χ4v) is 4.34. The average Bonchev–Trinajstić information content (AvgIpc) is 3.22. The Morgan fingerprint density at radius 2 is 1.84 bits per heavy atom. The van der Waals surface area contributed by atoms with Crippen LogP contribution in [0.5, 0.6) is 0 Å². The number of benzene rings is 2. The SMILES string of the molecule is Cc1cc(S(=O)(=O)N(C(F)F)C2OC2(C)c2ccccc2)ccc1Cl. The number of aryl methyl sites for hydroxylation is 1. The lowest BCUT2D eigenvalue weighted by atomic mass is 10.0. The van der Waals surface area contributed by atoms with Crippen LogP contribution in [0.3, 0.4) is 0 Å². The number of epoxide rings is 1. The van der Waals surface area contributed by atoms with Gasteiger partial charge < -0.3 is 4.74 Å². The Balaban J connectivity index is 1.99. The second kappa shape index (κ2) is 6.32. The van der Waals surface area contributed by atoms with Crippen LogP contribution in [0.4, 0.5) is 8.78 Å². The van der Waals surface area contributed by atoms with E-state index in [1.165, 1.54) is 18.2 Å². The van der Waals surface area contributed by atoms with Gasteiger partial charge in [-0.3, -0.25) is 0 Å². The average molecular weight is 388 g/mol. The van der Waals surface area contributed by atoms with E-state index in [9.17, 15) is 17.2 Å². The minimum atomic E-state index is -4.46. The van der Waals surface area contributed by atoms with Crippen LogP contribution in [0.15, 0.2) is 53.4 Å². The molecule has 1 fully saturated rings. The van der Waals surface area contributed by atoms with Gasteiger partial charge in [0.15, 0.2) is 6.23 Å². The van der Waals surface area contributed by atoms with Crippen molar-refractivity contribution < 1.29 is 21.9 Å². The lowest BCUT2D eigenvalue weighted by Crippen LogP contribution is -2.40. The summed E-state index contributed by atoms with van der Waals surface area (Å²) in [5, 5.41) is 0.361. The molecule has 0 spiro atoms. The quantitative estimate of drug-likeness (QED) is 0.572. The van der Waals surface area contributed by atoms with Gasteiger partial charge in [-0.05, 0) is 43.2 Å². The van der Waals surface area contributed by atoms with E-state index in [1.807, 2.05) is 0 Å². The van der Waals surface area contributed by atoms with Crippen molar-refractivity contribution in [1.29, 1.82) is 0 Å². The van der Waals surface area contributed by atoms with Crippen molar-refractivity contribution >= 4 is 21.6 Å². The summed E-state index contributed by atoms with van der Waals surface area (Å²) < 4.78 is 58.4. The van der Waals surface area contributed by atoms with E-state index >= 15 is 0 Å². The minimum Gasteiger partial charge on any atom is -0.343 e. The van der Waals surface area contributed by atoms with Crippen molar-refractivity contribution in [3.05, 3.63) is 64.7 Å². The molecule has 25 heavy (non-hydrogen) atoms. The van der Waals surface area contributed by atoms with Crippen LogP contribution in [0.25, 0.3) is 0 Å². The zero-order valence-electron chi connectivity index (χ0n) is 13.5. The first-order chi connectivity index (χ1) is 11.7. The summed E-state index contributed by atoms with van der Waals surface area (Å²) in [6.45, 7) is -0.0441. The molecule has 1 heterocycles. The zero-order valence-corrected chi connectivity index (χ0v) is 15.1. The van der Waals surface area contributed by atoms with Crippen LogP contribution in [0, 0.1) is 6.92 Å². The van der Waals surface area contributed by atoms with Gasteiger partial charge in [0.2, 0.25) is 10.0 Å². The first-order valence-corrected chi connectivity index (χ1v) is 9.31. The van der Waals surface area contributed by atoms with Crippen LogP contribution in [-0.2, 0) is 20.4 Å². The first-order valence-electron chi connectivity index (χ1n) is 7.49. The Kier molecular flexibility index (Phi) is 4.61. The molecule has 3 rings (SSSR count). The largest absolute Gasteiger partial charge is 0.343 e. The Morgan fingerprint density at radius 1 is 1.20 bits per heavy atom. The standard InChI is InChI=1S/C17H16ClF2NO3S/c1-11-10-13(8-9-14(11)18)25(22,23)21(16(19)20)15-17(2,24-15)12-6-4-3-5-7-12/h3-10,15-16H,1-2H3. The normalized spacial score (nSPS) is 23.2. The molecule has 0 amide bonds. The van der Waals surface area contributed by atoms with Gasteiger partial charge in [0.25, 0.3) is 0 Å². The highest BCUT2D eigenvalue weighted by atomic mass is 35.5. The van der Waals surface area contributed by atoms with Gasteiger partial charge in [-0.15, -0.1) is 4.31 Å². The van der Waals surface area contributed by atoms with E-state index in [2.05, 4.69) is 0 Å². The third-order valence-corrected chi connectivity index (χ3v) is 6.43. The maximum Gasteiger partial charge on any atom is 0.309 e. The molecule has 0 N–H and O–H groups in total. The minimum absolute atomic E-state index is 0.114. The fourth-order valence-electron chi connectivity index (χ4n) is 2.70. The summed E-state index contributed by atoms with van der Waals surface area (Å²) in [6.07, 6.45) is -1.28. The van der Waals surface area contributed by atoms with Gasteiger partial charge in [-0.25, -0.2) is 8.42 Å². The van der Waals surface area contributed by atoms with E-state index in [0.29, 0.717) is 16.1 Å². The van der Waals surface area contributed by atoms with Gasteiger partial charge in [-0.2, -0.15) is 8.78 Å². The van der Waals surface area contributed by atoms with Gasteiger partial charge >= 0.3 is 6.55 Å². The molecule has 0 saturated carbocycles. The topological polar surface area (TPSA) is 49.9 Å². The van der Waals surface area contributed by atoms with Gasteiger partial charge in [0, 0.05) is 5.02 Å². The first kappa shape index (κ1) is 18.3. The molecule has 2 atom stereocenters. The second-order valence-corrected chi connectivity index (χ2v) is 8.22. The van der Waals surface area contributed by atoms with Crippen LogP contribution >= 0.6 is 11.6 Å². The predicted molar refractivity (Wildman–Crippen MR) is 89.9 cm³/mol. The van der Waals surface area contributed by atoms with E-state index in [-0.39, 0.29) is 9.20 Å². The Bertz CT molecular complexity index is 892. The van der Waals surface area contributed by atoms with Crippen LogP contribution in [0.2, 0.25) is 5.02 Å². The summed E-state index contributed by atoms with van der Waals surface area (Å²) in [4.78, 5) is -0.249. The molecule has 4 nitrogen and oxygen atoms in total. The summed E-state index contributed by atoms with van der Waals surface area (Å²) in [5.74, 6) is 0. The van der Waals surface area contributed by atoms with Gasteiger partial charge in [0.1, 0.15) is 5.60 Å². The molecule has 0 radical (unpaired) electrons. The van der Waals surface area contributed by atoms with Crippen molar-refractivity contribution in [2.24, 2.45) is 0 Å².